The zero-order valence-electron chi connectivity index (χ0n) is 12.7. The number of rotatable bonds is 6. The third-order valence-corrected chi connectivity index (χ3v) is 5.03. The summed E-state index contributed by atoms with van der Waals surface area (Å²) >= 11 is 0. The third kappa shape index (κ3) is 4.94. The van der Waals surface area contributed by atoms with Crippen molar-refractivity contribution in [2.45, 2.75) is 37.5 Å². The molecule has 0 aliphatic carbocycles. The average molecular weight is 338 g/mol. The number of hydrogen-bond acceptors (Lipinski definition) is 5. The second kappa shape index (κ2) is 7.79. The van der Waals surface area contributed by atoms with Crippen LogP contribution >= 0.6 is 0 Å². The van der Waals surface area contributed by atoms with Crippen LogP contribution in [0.4, 0.5) is 4.39 Å². The lowest BCUT2D eigenvalue weighted by molar-refractivity contribution is 0.0310. The zero-order valence-corrected chi connectivity index (χ0v) is 13.6. The van der Waals surface area contributed by atoms with Gasteiger partial charge < -0.3 is 9.26 Å². The molecule has 2 heterocycles. The maximum absolute atomic E-state index is 12.9. The van der Waals surface area contributed by atoms with E-state index < -0.39 is 10.8 Å². The van der Waals surface area contributed by atoms with Gasteiger partial charge in [0, 0.05) is 23.8 Å². The van der Waals surface area contributed by atoms with Crippen LogP contribution in [0, 0.1) is 5.82 Å². The molecule has 3 rings (SSSR count). The molecule has 2 aromatic rings. The van der Waals surface area contributed by atoms with Crippen LogP contribution in [0.15, 0.2) is 28.8 Å². The van der Waals surface area contributed by atoms with Crippen molar-refractivity contribution in [2.75, 3.05) is 12.4 Å². The molecule has 1 aromatic carbocycles. The molecule has 1 aliphatic rings. The summed E-state index contributed by atoms with van der Waals surface area (Å²) in [6.45, 7) is 0.754. The minimum absolute atomic E-state index is 0.0752. The maximum atomic E-state index is 12.9. The van der Waals surface area contributed by atoms with Crippen molar-refractivity contribution in [1.29, 1.82) is 0 Å². The fourth-order valence-electron chi connectivity index (χ4n) is 2.55. The van der Waals surface area contributed by atoms with Gasteiger partial charge in [0.2, 0.25) is 5.89 Å². The van der Waals surface area contributed by atoms with Crippen molar-refractivity contribution >= 4 is 10.8 Å². The predicted molar refractivity (Wildman–Crippen MR) is 83.8 cm³/mol. The second-order valence-electron chi connectivity index (χ2n) is 5.65. The number of nitrogens with zero attached hydrogens (tertiary/aromatic N) is 2. The first kappa shape index (κ1) is 16.3. The summed E-state index contributed by atoms with van der Waals surface area (Å²) in [6, 6.07) is 6.17. The van der Waals surface area contributed by atoms with Crippen LogP contribution < -0.4 is 0 Å². The molecule has 5 nitrogen and oxygen atoms in total. The van der Waals surface area contributed by atoms with E-state index in [-0.39, 0.29) is 17.7 Å². The Morgan fingerprint density at radius 2 is 2.09 bits per heavy atom. The molecule has 0 saturated carbocycles. The van der Waals surface area contributed by atoms with E-state index in [1.54, 1.807) is 12.1 Å². The van der Waals surface area contributed by atoms with E-state index in [4.69, 9.17) is 9.26 Å². The van der Waals surface area contributed by atoms with E-state index in [2.05, 4.69) is 10.1 Å². The van der Waals surface area contributed by atoms with Crippen molar-refractivity contribution < 1.29 is 17.9 Å². The van der Waals surface area contributed by atoms with E-state index in [1.807, 2.05) is 0 Å². The number of halogens is 1. The van der Waals surface area contributed by atoms with Gasteiger partial charge in [-0.25, -0.2) is 4.39 Å². The second-order valence-corrected chi connectivity index (χ2v) is 7.15. The Hall–Kier alpha value is -1.60. The Kier molecular flexibility index (Phi) is 5.51. The molecule has 0 unspecified atom stereocenters. The number of ether oxygens (including phenoxy) is 1. The van der Waals surface area contributed by atoms with Crippen molar-refractivity contribution in [3.8, 4) is 0 Å². The van der Waals surface area contributed by atoms with Crippen LogP contribution in [0.25, 0.3) is 0 Å². The molecular weight excluding hydrogens is 319 g/mol. The van der Waals surface area contributed by atoms with Gasteiger partial charge in [0.15, 0.2) is 5.82 Å². The number of hydrogen-bond donors (Lipinski definition) is 0. The Morgan fingerprint density at radius 3 is 2.83 bits per heavy atom. The van der Waals surface area contributed by atoms with Gasteiger partial charge in [-0.15, -0.1) is 0 Å². The molecule has 0 N–H and O–H groups in total. The van der Waals surface area contributed by atoms with E-state index in [0.717, 1.165) is 31.4 Å². The summed E-state index contributed by atoms with van der Waals surface area (Å²) in [7, 11) is -1.08. The van der Waals surface area contributed by atoms with Gasteiger partial charge in [0.1, 0.15) is 11.6 Å². The zero-order chi connectivity index (χ0) is 16.1. The van der Waals surface area contributed by atoms with Gasteiger partial charge in [-0.3, -0.25) is 4.21 Å². The summed E-state index contributed by atoms with van der Waals surface area (Å²) in [6.07, 6.45) is 3.71. The summed E-state index contributed by atoms with van der Waals surface area (Å²) < 4.78 is 35.8. The molecule has 1 aromatic heterocycles. The van der Waals surface area contributed by atoms with Gasteiger partial charge in [-0.1, -0.05) is 17.3 Å². The fourth-order valence-corrected chi connectivity index (χ4v) is 3.74. The minimum Gasteiger partial charge on any atom is -0.377 e. The molecular formula is C16H19FN2O3S. The predicted octanol–water partition coefficient (Wildman–Crippen LogP) is 2.62. The van der Waals surface area contributed by atoms with E-state index in [1.165, 1.54) is 12.1 Å². The highest BCUT2D eigenvalue weighted by molar-refractivity contribution is 7.84. The molecule has 0 bridgehead atoms. The first-order valence-electron chi connectivity index (χ1n) is 7.71. The average Bonchev–Trinajstić information content (AvgIpc) is 2.97. The standard InChI is InChI=1S/C16H19FN2O3S/c17-13-6-4-12(5-7-13)9-15-18-16(22-19-15)11-23(20)10-14-3-1-2-8-21-14/h4-7,14H,1-3,8-11H2/t14-,23-/m1/s1. The highest BCUT2D eigenvalue weighted by atomic mass is 32.2. The fraction of sp³-hybridized carbons (Fsp3) is 0.500. The van der Waals surface area contributed by atoms with Gasteiger partial charge in [-0.05, 0) is 37.0 Å². The van der Waals surface area contributed by atoms with E-state index in [0.29, 0.717) is 23.9 Å². The molecule has 1 fully saturated rings. The normalized spacial score (nSPS) is 19.6. The van der Waals surface area contributed by atoms with Crippen LogP contribution in [0.2, 0.25) is 0 Å². The summed E-state index contributed by atoms with van der Waals surface area (Å²) in [5.74, 6) is 1.36. The topological polar surface area (TPSA) is 65.2 Å². The Labute approximate surface area is 136 Å². The highest BCUT2D eigenvalue weighted by Gasteiger charge is 2.18. The smallest absolute Gasteiger partial charge is 0.239 e. The molecule has 1 saturated heterocycles. The largest absolute Gasteiger partial charge is 0.377 e. The Bertz CT molecular complexity index is 654. The van der Waals surface area contributed by atoms with Crippen LogP contribution in [-0.2, 0) is 27.7 Å². The molecule has 1 aliphatic heterocycles. The summed E-state index contributed by atoms with van der Waals surface area (Å²) in [5.41, 5.74) is 0.899. The lowest BCUT2D eigenvalue weighted by Gasteiger charge is -2.21. The molecule has 0 radical (unpaired) electrons. The Morgan fingerprint density at radius 1 is 1.26 bits per heavy atom. The monoisotopic (exact) mass is 338 g/mol. The molecule has 124 valence electrons. The lowest BCUT2D eigenvalue weighted by atomic mass is 10.1. The first-order valence-corrected chi connectivity index (χ1v) is 9.20. The van der Waals surface area contributed by atoms with Gasteiger partial charge in [-0.2, -0.15) is 4.98 Å². The van der Waals surface area contributed by atoms with Crippen LogP contribution in [0.1, 0.15) is 36.5 Å². The van der Waals surface area contributed by atoms with Crippen molar-refractivity contribution in [1.82, 2.24) is 10.1 Å². The summed E-state index contributed by atoms with van der Waals surface area (Å²) in [5, 5.41) is 3.89. The van der Waals surface area contributed by atoms with Crippen molar-refractivity contribution in [2.24, 2.45) is 0 Å². The van der Waals surface area contributed by atoms with Gasteiger partial charge in [0.25, 0.3) is 0 Å². The Balaban J connectivity index is 1.52. The lowest BCUT2D eigenvalue weighted by Crippen LogP contribution is -2.25. The van der Waals surface area contributed by atoms with E-state index in [9.17, 15) is 8.60 Å². The molecule has 2 atom stereocenters. The quantitative estimate of drug-likeness (QED) is 0.810. The highest BCUT2D eigenvalue weighted by Crippen LogP contribution is 2.15. The molecule has 23 heavy (non-hydrogen) atoms. The van der Waals surface area contributed by atoms with Crippen molar-refractivity contribution in [3.63, 3.8) is 0 Å². The van der Waals surface area contributed by atoms with Gasteiger partial charge in [0.05, 0.1) is 11.9 Å². The number of benzene rings is 1. The van der Waals surface area contributed by atoms with Gasteiger partial charge >= 0.3 is 0 Å². The SMILES string of the molecule is O=[S@@](Cc1nc(Cc2ccc(F)cc2)no1)C[C@H]1CCCCO1. The molecule has 0 spiro atoms. The maximum Gasteiger partial charge on any atom is 0.239 e. The van der Waals surface area contributed by atoms with Crippen molar-refractivity contribution in [3.05, 3.63) is 47.4 Å². The first-order chi connectivity index (χ1) is 11.2. The summed E-state index contributed by atoms with van der Waals surface area (Å²) in [4.78, 5) is 4.26. The van der Waals surface area contributed by atoms with Crippen LogP contribution in [0.5, 0.6) is 0 Å². The molecule has 7 heteroatoms. The van der Waals surface area contributed by atoms with E-state index >= 15 is 0 Å². The minimum atomic E-state index is -1.08. The molecule has 0 amide bonds. The number of aromatic nitrogens is 2. The van der Waals surface area contributed by atoms with Crippen LogP contribution in [0.3, 0.4) is 0 Å². The van der Waals surface area contributed by atoms with Crippen LogP contribution in [-0.4, -0.2) is 32.8 Å². The third-order valence-electron chi connectivity index (χ3n) is 3.72.